The van der Waals surface area contributed by atoms with E-state index < -0.39 is 10.0 Å². The largest absolute Gasteiger partial charge is 0.326 e. The molecule has 3 aromatic carbocycles. The molecule has 1 aliphatic rings. The first-order valence-corrected chi connectivity index (χ1v) is 13.1. The number of hydrogen-bond donors (Lipinski definition) is 2. The molecule has 2 N–H and O–H groups in total. The summed E-state index contributed by atoms with van der Waals surface area (Å²) in [5.74, 6) is -0.0839. The quantitative estimate of drug-likeness (QED) is 0.464. The zero-order valence-electron chi connectivity index (χ0n) is 19.0. The fraction of sp³-hybridized carbons (Fsp3) is 0.269. The molecule has 6 nitrogen and oxygen atoms in total. The molecule has 0 atom stereocenters. The Morgan fingerprint density at radius 3 is 2.26 bits per heavy atom. The third kappa shape index (κ3) is 6.17. The molecule has 4 rings (SSSR count). The summed E-state index contributed by atoms with van der Waals surface area (Å²) >= 11 is 6.05. The number of anilines is 2. The second kappa shape index (κ2) is 10.6. The van der Waals surface area contributed by atoms with Gasteiger partial charge in [0.2, 0.25) is 5.91 Å². The zero-order valence-corrected chi connectivity index (χ0v) is 20.6. The van der Waals surface area contributed by atoms with E-state index in [1.54, 1.807) is 36.4 Å². The van der Waals surface area contributed by atoms with Crippen molar-refractivity contribution in [3.8, 4) is 0 Å². The molecule has 0 aliphatic carbocycles. The average Bonchev–Trinajstić information content (AvgIpc) is 2.83. The van der Waals surface area contributed by atoms with Crippen LogP contribution in [0.25, 0.3) is 0 Å². The second-order valence-electron chi connectivity index (χ2n) is 8.63. The molecule has 1 saturated heterocycles. The van der Waals surface area contributed by atoms with E-state index in [0.29, 0.717) is 16.4 Å². The van der Waals surface area contributed by atoms with Gasteiger partial charge in [0.25, 0.3) is 10.0 Å². The molecular weight excluding hydrogens is 470 g/mol. The first kappa shape index (κ1) is 24.3. The lowest BCUT2D eigenvalue weighted by atomic mass is 9.95. The summed E-state index contributed by atoms with van der Waals surface area (Å²) in [6.45, 7) is 4.72. The Hall–Kier alpha value is -2.87. The molecule has 178 valence electrons. The van der Waals surface area contributed by atoms with Crippen LogP contribution >= 0.6 is 11.6 Å². The van der Waals surface area contributed by atoms with E-state index in [2.05, 4.69) is 46.1 Å². The minimum atomic E-state index is -3.79. The second-order valence-corrected chi connectivity index (χ2v) is 10.7. The van der Waals surface area contributed by atoms with Crippen molar-refractivity contribution in [3.05, 3.63) is 88.9 Å². The number of hydrogen-bond acceptors (Lipinski definition) is 4. The maximum Gasteiger partial charge on any atom is 0.261 e. The molecule has 0 unspecified atom stereocenters. The van der Waals surface area contributed by atoms with E-state index >= 15 is 0 Å². The van der Waals surface area contributed by atoms with Crippen LogP contribution in [-0.2, 0) is 21.4 Å². The van der Waals surface area contributed by atoms with Crippen LogP contribution in [0.3, 0.4) is 0 Å². The predicted molar refractivity (Wildman–Crippen MR) is 137 cm³/mol. The van der Waals surface area contributed by atoms with Gasteiger partial charge in [-0.05, 0) is 74.8 Å². The van der Waals surface area contributed by atoms with Crippen molar-refractivity contribution in [1.29, 1.82) is 0 Å². The average molecular weight is 498 g/mol. The summed E-state index contributed by atoms with van der Waals surface area (Å²) in [5, 5.41) is 3.25. The molecule has 8 heteroatoms. The molecule has 0 aromatic heterocycles. The maximum absolute atomic E-state index is 12.8. The van der Waals surface area contributed by atoms with Gasteiger partial charge in [0.1, 0.15) is 0 Å². The maximum atomic E-state index is 12.8. The van der Waals surface area contributed by atoms with Crippen LogP contribution in [-0.4, -0.2) is 32.3 Å². The number of likely N-dealkylation sites (tertiary alicyclic amines) is 1. The predicted octanol–water partition coefficient (Wildman–Crippen LogP) is 5.30. The van der Waals surface area contributed by atoms with Crippen molar-refractivity contribution in [2.75, 3.05) is 23.1 Å². The summed E-state index contributed by atoms with van der Waals surface area (Å²) in [6.07, 6.45) is 1.60. The number of piperidine rings is 1. The Morgan fingerprint density at radius 2 is 1.62 bits per heavy atom. The summed E-state index contributed by atoms with van der Waals surface area (Å²) < 4.78 is 27.8. The van der Waals surface area contributed by atoms with Gasteiger partial charge in [0.05, 0.1) is 15.6 Å². The number of halogens is 1. The van der Waals surface area contributed by atoms with Crippen molar-refractivity contribution in [3.63, 3.8) is 0 Å². The Labute approximate surface area is 206 Å². The van der Waals surface area contributed by atoms with Crippen LogP contribution in [0.15, 0.2) is 77.7 Å². The van der Waals surface area contributed by atoms with Crippen molar-refractivity contribution in [2.24, 2.45) is 5.92 Å². The fourth-order valence-electron chi connectivity index (χ4n) is 4.01. The monoisotopic (exact) mass is 497 g/mol. The molecule has 0 radical (unpaired) electrons. The zero-order chi connectivity index (χ0) is 24.1. The summed E-state index contributed by atoms with van der Waals surface area (Å²) in [7, 11) is -3.79. The minimum absolute atomic E-state index is 0.0280. The number of rotatable bonds is 7. The van der Waals surface area contributed by atoms with Gasteiger partial charge in [-0.25, -0.2) is 8.42 Å². The van der Waals surface area contributed by atoms with Crippen LogP contribution < -0.4 is 10.0 Å². The van der Waals surface area contributed by atoms with Gasteiger partial charge in [-0.3, -0.25) is 14.4 Å². The van der Waals surface area contributed by atoms with E-state index in [1.807, 2.05) is 0 Å². The molecule has 0 bridgehead atoms. The van der Waals surface area contributed by atoms with Crippen LogP contribution in [0, 0.1) is 12.8 Å². The lowest BCUT2D eigenvalue weighted by Crippen LogP contribution is -2.37. The van der Waals surface area contributed by atoms with E-state index in [1.165, 1.54) is 23.3 Å². The normalized spacial score (nSPS) is 15.1. The number of aryl methyl sites for hydroxylation is 1. The Bertz CT molecular complexity index is 1240. The Balaban J connectivity index is 1.30. The van der Waals surface area contributed by atoms with Crippen molar-refractivity contribution < 1.29 is 13.2 Å². The van der Waals surface area contributed by atoms with E-state index in [9.17, 15) is 13.2 Å². The SMILES string of the molecule is Cc1ccc(CN2CCC(C(=O)Nc3ccc(S(=O)(=O)Nc4ccccc4Cl)cc3)CC2)cc1. The number of nitrogens with one attached hydrogen (secondary N) is 2. The van der Waals surface area contributed by atoms with Crippen LogP contribution in [0.2, 0.25) is 5.02 Å². The van der Waals surface area contributed by atoms with Crippen molar-refractivity contribution in [1.82, 2.24) is 4.90 Å². The molecule has 1 fully saturated rings. The molecule has 1 aliphatic heterocycles. The molecule has 3 aromatic rings. The molecule has 1 amide bonds. The van der Waals surface area contributed by atoms with Gasteiger partial charge < -0.3 is 5.32 Å². The number of amides is 1. The molecule has 0 spiro atoms. The lowest BCUT2D eigenvalue weighted by molar-refractivity contribution is -0.121. The third-order valence-electron chi connectivity index (χ3n) is 6.04. The molecule has 0 saturated carbocycles. The van der Waals surface area contributed by atoms with Gasteiger partial charge in [-0.15, -0.1) is 0 Å². The standard InChI is InChI=1S/C26H28ClN3O3S/c1-19-6-8-20(9-7-19)18-30-16-14-21(15-17-30)26(31)28-22-10-12-23(13-11-22)34(32,33)29-25-5-3-2-4-24(25)27/h2-13,21,29H,14-18H2,1H3,(H,28,31). The smallest absolute Gasteiger partial charge is 0.261 e. The summed E-state index contributed by atoms with van der Waals surface area (Å²) in [4.78, 5) is 15.2. The number of nitrogens with zero attached hydrogens (tertiary/aromatic N) is 1. The summed E-state index contributed by atoms with van der Waals surface area (Å²) in [5.41, 5.74) is 3.42. The van der Waals surface area contributed by atoms with E-state index in [0.717, 1.165) is 32.5 Å². The first-order valence-electron chi connectivity index (χ1n) is 11.3. The van der Waals surface area contributed by atoms with Crippen LogP contribution in [0.4, 0.5) is 11.4 Å². The van der Waals surface area contributed by atoms with E-state index in [4.69, 9.17) is 11.6 Å². The number of para-hydroxylation sites is 1. The third-order valence-corrected chi connectivity index (χ3v) is 7.75. The van der Waals surface area contributed by atoms with Gasteiger partial charge in [0.15, 0.2) is 0 Å². The van der Waals surface area contributed by atoms with E-state index in [-0.39, 0.29) is 16.7 Å². The van der Waals surface area contributed by atoms with Gasteiger partial charge in [0, 0.05) is 18.2 Å². The Kier molecular flexibility index (Phi) is 7.56. The van der Waals surface area contributed by atoms with Crippen molar-refractivity contribution in [2.45, 2.75) is 31.2 Å². The number of sulfonamides is 1. The van der Waals surface area contributed by atoms with Crippen LogP contribution in [0.5, 0.6) is 0 Å². The van der Waals surface area contributed by atoms with Crippen LogP contribution in [0.1, 0.15) is 24.0 Å². The van der Waals surface area contributed by atoms with Crippen molar-refractivity contribution >= 4 is 38.9 Å². The number of carbonyl (C=O) groups excluding carboxylic acids is 1. The highest BCUT2D eigenvalue weighted by Crippen LogP contribution is 2.25. The van der Waals surface area contributed by atoms with Gasteiger partial charge in [-0.2, -0.15) is 0 Å². The Morgan fingerprint density at radius 1 is 0.971 bits per heavy atom. The topological polar surface area (TPSA) is 78.5 Å². The lowest BCUT2D eigenvalue weighted by Gasteiger charge is -2.31. The summed E-state index contributed by atoms with van der Waals surface area (Å²) in [6, 6.07) is 21.4. The van der Waals surface area contributed by atoms with Gasteiger partial charge >= 0.3 is 0 Å². The number of carbonyl (C=O) groups is 1. The molecular formula is C26H28ClN3O3S. The molecule has 1 heterocycles. The van der Waals surface area contributed by atoms with Gasteiger partial charge in [-0.1, -0.05) is 53.6 Å². The molecule has 34 heavy (non-hydrogen) atoms. The minimum Gasteiger partial charge on any atom is -0.326 e. The number of benzene rings is 3. The fourth-order valence-corrected chi connectivity index (χ4v) is 5.33. The highest BCUT2D eigenvalue weighted by molar-refractivity contribution is 7.92. The first-order chi connectivity index (χ1) is 16.3. The highest BCUT2D eigenvalue weighted by Gasteiger charge is 2.25. The highest BCUT2D eigenvalue weighted by atomic mass is 35.5.